The third kappa shape index (κ3) is 4.91. The normalized spacial score (nSPS) is 15.1. The van der Waals surface area contributed by atoms with Crippen molar-refractivity contribution in [1.82, 2.24) is 29.1 Å². The number of hydrogen-bond donors (Lipinski definition) is 2. The number of pyridine rings is 1. The Kier molecular flexibility index (Phi) is 7.01. The standard InChI is InChI=1S/C16H15F3N8.C8H13N/c1-7-22-10-4-3-9(23-15(10)26(7)6-11(18)19)12-8(17)5-27-13(12)14(21-2)24-16(20)25-27;1-8(7-9)5-3-2-4-6-8/h3-5,11H,6H2,1-2H3,(H3,20,21,24,25);2-6H2,1H3. The number of aromatic nitrogens is 6. The molecular formula is C24H28F3N9. The summed E-state index contributed by atoms with van der Waals surface area (Å²) in [6.45, 7) is 3.15. The molecule has 0 spiro atoms. The van der Waals surface area contributed by atoms with Gasteiger partial charge < -0.3 is 15.6 Å². The van der Waals surface area contributed by atoms with Crippen molar-refractivity contribution in [2.24, 2.45) is 5.41 Å². The van der Waals surface area contributed by atoms with Crippen molar-refractivity contribution < 1.29 is 13.2 Å². The van der Waals surface area contributed by atoms with Crippen molar-refractivity contribution in [2.45, 2.75) is 58.9 Å². The molecule has 3 N–H and O–H groups in total. The predicted octanol–water partition coefficient (Wildman–Crippen LogP) is 4.96. The number of nitriles is 1. The van der Waals surface area contributed by atoms with Gasteiger partial charge >= 0.3 is 0 Å². The quantitative estimate of drug-likeness (QED) is 0.407. The lowest BCUT2D eigenvalue weighted by molar-refractivity contribution is 0.127. The minimum atomic E-state index is -2.56. The van der Waals surface area contributed by atoms with Gasteiger partial charge in [0.05, 0.1) is 35.5 Å². The SMILES string of the molecule is CC1(C#N)CCCCC1.CNc1nc(N)nn2cc(F)c(-c3ccc4nc(C)n(CC(F)F)c4n3)c12. The van der Waals surface area contributed by atoms with Crippen molar-refractivity contribution in [3.05, 3.63) is 30.0 Å². The molecule has 36 heavy (non-hydrogen) atoms. The molecule has 1 aliphatic carbocycles. The van der Waals surface area contributed by atoms with Crippen LogP contribution in [0, 0.1) is 29.5 Å². The van der Waals surface area contributed by atoms with Gasteiger partial charge in [-0.05, 0) is 38.8 Å². The Morgan fingerprint density at radius 2 is 1.92 bits per heavy atom. The number of hydrogen-bond acceptors (Lipinski definition) is 7. The van der Waals surface area contributed by atoms with E-state index in [1.54, 1.807) is 26.1 Å². The van der Waals surface area contributed by atoms with Crippen LogP contribution in [0.4, 0.5) is 24.9 Å². The average molecular weight is 500 g/mol. The molecule has 0 aromatic carbocycles. The van der Waals surface area contributed by atoms with E-state index in [0.29, 0.717) is 22.7 Å². The Hall–Kier alpha value is -3.88. The lowest BCUT2D eigenvalue weighted by Crippen LogP contribution is -2.16. The molecule has 0 unspecified atom stereocenters. The van der Waals surface area contributed by atoms with E-state index in [0.717, 1.165) is 19.0 Å². The van der Waals surface area contributed by atoms with Crippen molar-refractivity contribution >= 4 is 28.4 Å². The van der Waals surface area contributed by atoms with Crippen molar-refractivity contribution in [2.75, 3.05) is 18.1 Å². The van der Waals surface area contributed by atoms with Crippen molar-refractivity contribution in [3.8, 4) is 17.3 Å². The van der Waals surface area contributed by atoms with E-state index in [4.69, 9.17) is 11.0 Å². The number of anilines is 2. The van der Waals surface area contributed by atoms with Crippen LogP contribution in [-0.2, 0) is 6.54 Å². The molecule has 0 bridgehead atoms. The molecule has 0 saturated heterocycles. The third-order valence-electron chi connectivity index (χ3n) is 6.42. The minimum absolute atomic E-state index is 0.0255. The molecule has 1 fully saturated rings. The first-order chi connectivity index (χ1) is 17.2. The van der Waals surface area contributed by atoms with Gasteiger partial charge in [0.25, 0.3) is 6.43 Å². The smallest absolute Gasteiger partial charge is 0.256 e. The Balaban J connectivity index is 0.000000286. The topological polar surface area (TPSA) is 123 Å². The molecule has 0 aliphatic heterocycles. The summed E-state index contributed by atoms with van der Waals surface area (Å²) in [5.74, 6) is 0.113. The number of halogens is 3. The third-order valence-corrected chi connectivity index (χ3v) is 6.42. The monoisotopic (exact) mass is 499 g/mol. The first kappa shape index (κ1) is 25.2. The Morgan fingerprint density at radius 3 is 2.53 bits per heavy atom. The van der Waals surface area contributed by atoms with E-state index in [1.165, 1.54) is 28.3 Å². The zero-order valence-electron chi connectivity index (χ0n) is 20.4. The van der Waals surface area contributed by atoms with Gasteiger partial charge in [-0.2, -0.15) is 10.2 Å². The zero-order chi connectivity index (χ0) is 26.0. The highest BCUT2D eigenvalue weighted by Gasteiger charge is 2.25. The van der Waals surface area contributed by atoms with E-state index in [1.807, 2.05) is 0 Å². The largest absolute Gasteiger partial charge is 0.371 e. The highest BCUT2D eigenvalue weighted by atomic mass is 19.3. The number of rotatable bonds is 4. The Morgan fingerprint density at radius 1 is 1.19 bits per heavy atom. The molecular weight excluding hydrogens is 471 g/mol. The van der Waals surface area contributed by atoms with Gasteiger partial charge in [-0.25, -0.2) is 27.7 Å². The molecule has 5 rings (SSSR count). The average Bonchev–Trinajstić information content (AvgIpc) is 3.34. The van der Waals surface area contributed by atoms with Gasteiger partial charge in [0.2, 0.25) is 5.95 Å². The molecule has 4 aromatic rings. The molecule has 1 saturated carbocycles. The molecule has 9 nitrogen and oxygen atoms in total. The van der Waals surface area contributed by atoms with Gasteiger partial charge in [0, 0.05) is 7.05 Å². The summed E-state index contributed by atoms with van der Waals surface area (Å²) in [5, 5.41) is 15.5. The summed E-state index contributed by atoms with van der Waals surface area (Å²) >= 11 is 0. The molecule has 0 atom stereocenters. The molecule has 190 valence electrons. The summed E-state index contributed by atoms with van der Waals surface area (Å²) < 4.78 is 43.1. The summed E-state index contributed by atoms with van der Waals surface area (Å²) in [4.78, 5) is 12.7. The first-order valence-corrected chi connectivity index (χ1v) is 11.7. The number of alkyl halides is 2. The number of nitrogens with zero attached hydrogens (tertiary/aromatic N) is 7. The highest BCUT2D eigenvalue weighted by Crippen LogP contribution is 2.35. The lowest BCUT2D eigenvalue weighted by atomic mass is 9.77. The van der Waals surface area contributed by atoms with E-state index >= 15 is 0 Å². The second-order valence-corrected chi connectivity index (χ2v) is 9.15. The van der Waals surface area contributed by atoms with Crippen LogP contribution in [0.15, 0.2) is 18.3 Å². The van der Waals surface area contributed by atoms with E-state index in [2.05, 4.69) is 38.4 Å². The number of aryl methyl sites for hydroxylation is 1. The first-order valence-electron chi connectivity index (χ1n) is 11.7. The van der Waals surface area contributed by atoms with Gasteiger partial charge in [0.1, 0.15) is 16.9 Å². The van der Waals surface area contributed by atoms with Crippen LogP contribution in [0.5, 0.6) is 0 Å². The summed E-state index contributed by atoms with van der Waals surface area (Å²) in [6, 6.07) is 5.58. The van der Waals surface area contributed by atoms with Gasteiger partial charge in [-0.3, -0.25) is 0 Å². The van der Waals surface area contributed by atoms with Crippen LogP contribution in [0.3, 0.4) is 0 Å². The molecule has 0 amide bonds. The molecule has 4 heterocycles. The van der Waals surface area contributed by atoms with Crippen molar-refractivity contribution in [1.29, 1.82) is 5.26 Å². The van der Waals surface area contributed by atoms with E-state index < -0.39 is 18.8 Å². The van der Waals surface area contributed by atoms with Crippen LogP contribution < -0.4 is 11.1 Å². The van der Waals surface area contributed by atoms with Crippen LogP contribution in [0.25, 0.3) is 27.9 Å². The fraction of sp³-hybridized carbons (Fsp3) is 0.458. The Bertz CT molecular complexity index is 1430. The number of nitrogens with two attached hydrogens (primary N) is 1. The summed E-state index contributed by atoms with van der Waals surface area (Å²) in [6.07, 6.45) is 4.67. The maximum Gasteiger partial charge on any atom is 0.256 e. The van der Waals surface area contributed by atoms with Gasteiger partial charge in [-0.15, -0.1) is 5.10 Å². The lowest BCUT2D eigenvalue weighted by Gasteiger charge is -2.25. The minimum Gasteiger partial charge on any atom is -0.371 e. The fourth-order valence-electron chi connectivity index (χ4n) is 4.54. The number of imidazole rings is 1. The Labute approximate surface area is 206 Å². The second kappa shape index (κ2) is 10.0. The number of nitrogen functional groups attached to an aromatic ring is 1. The number of nitrogens with one attached hydrogen (secondary N) is 1. The van der Waals surface area contributed by atoms with Crippen LogP contribution in [0.1, 0.15) is 44.9 Å². The van der Waals surface area contributed by atoms with Crippen LogP contribution >= 0.6 is 0 Å². The number of fused-ring (bicyclic) bond motifs is 2. The zero-order valence-corrected chi connectivity index (χ0v) is 20.4. The van der Waals surface area contributed by atoms with Gasteiger partial charge in [0.15, 0.2) is 17.3 Å². The van der Waals surface area contributed by atoms with E-state index in [9.17, 15) is 13.2 Å². The summed E-state index contributed by atoms with van der Waals surface area (Å²) in [5.41, 5.74) is 7.11. The molecule has 12 heteroatoms. The van der Waals surface area contributed by atoms with Gasteiger partial charge in [-0.1, -0.05) is 19.3 Å². The molecule has 0 radical (unpaired) electrons. The fourth-order valence-corrected chi connectivity index (χ4v) is 4.54. The molecule has 4 aromatic heterocycles. The highest BCUT2D eigenvalue weighted by molar-refractivity contribution is 5.89. The maximum absolute atomic E-state index is 14.7. The van der Waals surface area contributed by atoms with Crippen LogP contribution in [-0.4, -0.2) is 42.6 Å². The van der Waals surface area contributed by atoms with E-state index in [-0.39, 0.29) is 28.3 Å². The predicted molar refractivity (Wildman–Crippen MR) is 131 cm³/mol. The van der Waals surface area contributed by atoms with Crippen molar-refractivity contribution in [3.63, 3.8) is 0 Å². The summed E-state index contributed by atoms with van der Waals surface area (Å²) in [7, 11) is 1.62. The maximum atomic E-state index is 14.7. The molecule has 1 aliphatic rings. The van der Waals surface area contributed by atoms with Crippen LogP contribution in [0.2, 0.25) is 0 Å². The second-order valence-electron chi connectivity index (χ2n) is 9.15.